The summed E-state index contributed by atoms with van der Waals surface area (Å²) >= 11 is 1.93. The number of nitrogens with zero attached hydrogens (tertiary/aromatic N) is 1. The van der Waals surface area contributed by atoms with Gasteiger partial charge in [0.05, 0.1) is 6.61 Å². The molecule has 0 spiro atoms. The summed E-state index contributed by atoms with van der Waals surface area (Å²) in [5.74, 6) is 0.514. The molecule has 0 bridgehead atoms. The molecule has 0 aliphatic carbocycles. The van der Waals surface area contributed by atoms with Gasteiger partial charge in [0.15, 0.2) is 0 Å². The maximum Gasteiger partial charge on any atom is 0.348 e. The van der Waals surface area contributed by atoms with Gasteiger partial charge >= 0.3 is 5.97 Å². The standard InChI is InChI=1S/C13H19NO2S/c1-4-13(3)8-10(6-7-17-13)11(9-14)12(15)16-5-2/h4-8H2,1-3H3/b11-10+. The molecule has 3 nitrogen and oxygen atoms in total. The van der Waals surface area contributed by atoms with Crippen molar-refractivity contribution in [1.82, 2.24) is 0 Å². The van der Waals surface area contributed by atoms with E-state index in [0.29, 0.717) is 6.61 Å². The number of esters is 1. The number of hydrogen-bond donors (Lipinski definition) is 0. The number of carbonyl (C=O) groups excluding carboxylic acids is 1. The Bertz CT molecular complexity index is 370. The fourth-order valence-electron chi connectivity index (χ4n) is 1.92. The molecule has 1 fully saturated rings. The maximum atomic E-state index is 11.7. The van der Waals surface area contributed by atoms with E-state index in [-0.39, 0.29) is 10.3 Å². The molecule has 0 radical (unpaired) electrons. The highest BCUT2D eigenvalue weighted by molar-refractivity contribution is 8.00. The van der Waals surface area contributed by atoms with Crippen molar-refractivity contribution in [1.29, 1.82) is 5.26 Å². The third kappa shape index (κ3) is 3.50. The molecule has 1 atom stereocenters. The first-order valence-electron chi connectivity index (χ1n) is 5.99. The third-order valence-corrected chi connectivity index (χ3v) is 4.67. The Hall–Kier alpha value is -0.950. The molecule has 17 heavy (non-hydrogen) atoms. The van der Waals surface area contributed by atoms with E-state index in [0.717, 1.165) is 30.6 Å². The molecular weight excluding hydrogens is 234 g/mol. The third-order valence-electron chi connectivity index (χ3n) is 3.13. The Labute approximate surface area is 107 Å². The van der Waals surface area contributed by atoms with Crippen molar-refractivity contribution in [2.75, 3.05) is 12.4 Å². The van der Waals surface area contributed by atoms with Gasteiger partial charge in [0, 0.05) is 4.75 Å². The first kappa shape index (κ1) is 14.1. The van der Waals surface area contributed by atoms with Crippen molar-refractivity contribution in [2.24, 2.45) is 0 Å². The number of thioether (sulfide) groups is 1. The summed E-state index contributed by atoms with van der Waals surface area (Å²) in [5, 5.41) is 9.10. The van der Waals surface area contributed by atoms with E-state index in [1.807, 2.05) is 17.8 Å². The minimum absolute atomic E-state index is 0.155. The molecule has 0 aromatic heterocycles. The van der Waals surface area contributed by atoms with E-state index in [1.54, 1.807) is 6.92 Å². The summed E-state index contributed by atoms with van der Waals surface area (Å²) in [4.78, 5) is 11.7. The molecule has 94 valence electrons. The van der Waals surface area contributed by atoms with Gasteiger partial charge in [-0.05, 0) is 37.5 Å². The Kier molecular flexibility index (Phi) is 5.07. The Morgan fingerprint density at radius 2 is 2.29 bits per heavy atom. The molecular formula is C13H19NO2S. The lowest BCUT2D eigenvalue weighted by Gasteiger charge is -2.33. The van der Waals surface area contributed by atoms with Crippen LogP contribution in [-0.2, 0) is 9.53 Å². The lowest BCUT2D eigenvalue weighted by atomic mass is 9.92. The van der Waals surface area contributed by atoms with Crippen molar-refractivity contribution >= 4 is 17.7 Å². The van der Waals surface area contributed by atoms with Crippen molar-refractivity contribution < 1.29 is 9.53 Å². The predicted octanol–water partition coefficient (Wildman–Crippen LogP) is 3.07. The smallest absolute Gasteiger partial charge is 0.348 e. The highest BCUT2D eigenvalue weighted by atomic mass is 32.2. The number of nitriles is 1. The van der Waals surface area contributed by atoms with Crippen LogP contribution in [0, 0.1) is 11.3 Å². The second-order valence-electron chi connectivity index (χ2n) is 4.39. The van der Waals surface area contributed by atoms with Gasteiger partial charge in [-0.15, -0.1) is 0 Å². The summed E-state index contributed by atoms with van der Waals surface area (Å²) in [6.45, 7) is 6.41. The fraction of sp³-hybridized carbons (Fsp3) is 0.692. The molecule has 1 aliphatic rings. The van der Waals surface area contributed by atoms with E-state index >= 15 is 0 Å². The van der Waals surface area contributed by atoms with Gasteiger partial charge in [0.2, 0.25) is 0 Å². The topological polar surface area (TPSA) is 50.1 Å². The van der Waals surface area contributed by atoms with E-state index in [4.69, 9.17) is 10.00 Å². The van der Waals surface area contributed by atoms with Crippen LogP contribution in [-0.4, -0.2) is 23.1 Å². The highest BCUT2D eigenvalue weighted by Gasteiger charge is 2.31. The molecule has 1 saturated heterocycles. The van der Waals surface area contributed by atoms with Gasteiger partial charge in [-0.2, -0.15) is 17.0 Å². The zero-order chi connectivity index (χ0) is 12.9. The molecule has 1 aliphatic heterocycles. The Morgan fingerprint density at radius 1 is 1.59 bits per heavy atom. The molecule has 0 aromatic carbocycles. The molecule has 1 heterocycles. The number of carbonyl (C=O) groups is 1. The summed E-state index contributed by atoms with van der Waals surface area (Å²) in [6.07, 6.45) is 2.68. The summed E-state index contributed by atoms with van der Waals surface area (Å²) in [6, 6.07) is 2.01. The van der Waals surface area contributed by atoms with Crippen LogP contribution in [0.4, 0.5) is 0 Å². The van der Waals surface area contributed by atoms with Crippen molar-refractivity contribution in [3.63, 3.8) is 0 Å². The fourth-order valence-corrected chi connectivity index (χ4v) is 3.25. The second-order valence-corrected chi connectivity index (χ2v) is 6.07. The number of ether oxygens (including phenoxy) is 1. The lowest BCUT2D eigenvalue weighted by molar-refractivity contribution is -0.138. The maximum absolute atomic E-state index is 11.7. The number of hydrogen-bond acceptors (Lipinski definition) is 4. The van der Waals surface area contributed by atoms with Crippen molar-refractivity contribution in [2.45, 2.75) is 44.8 Å². The van der Waals surface area contributed by atoms with Crippen LogP contribution in [0.25, 0.3) is 0 Å². The quantitative estimate of drug-likeness (QED) is 0.440. The van der Waals surface area contributed by atoms with Crippen LogP contribution >= 0.6 is 11.8 Å². The van der Waals surface area contributed by atoms with E-state index in [1.165, 1.54) is 0 Å². The van der Waals surface area contributed by atoms with Gasteiger partial charge in [-0.3, -0.25) is 0 Å². The first-order chi connectivity index (χ1) is 8.06. The monoisotopic (exact) mass is 253 g/mol. The average molecular weight is 253 g/mol. The Balaban J connectivity index is 2.94. The van der Waals surface area contributed by atoms with Gasteiger partial charge < -0.3 is 4.74 Å². The average Bonchev–Trinajstić information content (AvgIpc) is 2.30. The molecule has 0 N–H and O–H groups in total. The van der Waals surface area contributed by atoms with Crippen molar-refractivity contribution in [3.05, 3.63) is 11.1 Å². The Morgan fingerprint density at radius 3 is 2.82 bits per heavy atom. The van der Waals surface area contributed by atoms with E-state index in [9.17, 15) is 4.79 Å². The van der Waals surface area contributed by atoms with Gasteiger partial charge in [0.25, 0.3) is 0 Å². The van der Waals surface area contributed by atoms with Gasteiger partial charge in [0.1, 0.15) is 11.6 Å². The van der Waals surface area contributed by atoms with E-state index in [2.05, 4.69) is 13.8 Å². The molecule has 4 heteroatoms. The molecule has 1 rings (SSSR count). The molecule has 0 saturated carbocycles. The van der Waals surface area contributed by atoms with Crippen LogP contribution in [0.15, 0.2) is 11.1 Å². The van der Waals surface area contributed by atoms with Crippen LogP contribution in [0.1, 0.15) is 40.0 Å². The zero-order valence-corrected chi connectivity index (χ0v) is 11.5. The minimum atomic E-state index is -0.463. The molecule has 0 amide bonds. The summed E-state index contributed by atoms with van der Waals surface area (Å²) in [7, 11) is 0. The minimum Gasteiger partial charge on any atom is -0.462 e. The SMILES string of the molecule is CCOC(=O)/C(C#N)=C1\CCSC(C)(CC)C1. The number of allylic oxidation sites excluding steroid dienone is 1. The van der Waals surface area contributed by atoms with Crippen LogP contribution in [0.3, 0.4) is 0 Å². The van der Waals surface area contributed by atoms with Crippen LogP contribution < -0.4 is 0 Å². The second kappa shape index (κ2) is 6.11. The summed E-state index contributed by atoms with van der Waals surface area (Å²) < 4.78 is 5.08. The zero-order valence-electron chi connectivity index (χ0n) is 10.7. The van der Waals surface area contributed by atoms with E-state index < -0.39 is 5.97 Å². The normalized spacial score (nSPS) is 27.2. The predicted molar refractivity (Wildman–Crippen MR) is 69.7 cm³/mol. The van der Waals surface area contributed by atoms with Gasteiger partial charge in [-0.25, -0.2) is 4.79 Å². The lowest BCUT2D eigenvalue weighted by Crippen LogP contribution is -2.26. The highest BCUT2D eigenvalue weighted by Crippen LogP contribution is 2.42. The largest absolute Gasteiger partial charge is 0.462 e. The van der Waals surface area contributed by atoms with Crippen LogP contribution in [0.2, 0.25) is 0 Å². The van der Waals surface area contributed by atoms with Gasteiger partial charge in [-0.1, -0.05) is 13.8 Å². The first-order valence-corrected chi connectivity index (χ1v) is 6.98. The molecule has 0 aromatic rings. The summed E-state index contributed by atoms with van der Waals surface area (Å²) in [5.41, 5.74) is 1.20. The van der Waals surface area contributed by atoms with Crippen molar-refractivity contribution in [3.8, 4) is 6.07 Å². The van der Waals surface area contributed by atoms with Crippen LogP contribution in [0.5, 0.6) is 0 Å². The number of rotatable bonds is 3. The molecule has 1 unspecified atom stereocenters.